The fourth-order valence-corrected chi connectivity index (χ4v) is 2.96. The lowest BCUT2D eigenvalue weighted by Crippen LogP contribution is -2.43. The smallest absolute Gasteiger partial charge is 0.0704 e. The largest absolute Gasteiger partial charge is 0.374 e. The molecule has 2 saturated heterocycles. The van der Waals surface area contributed by atoms with Crippen molar-refractivity contribution in [1.29, 1.82) is 0 Å². The second-order valence-electron chi connectivity index (χ2n) is 5.82. The SMILES string of the molecule is CC(CN1CCCCC1)NCC1CCC(C)O1. The molecule has 0 aromatic heterocycles. The van der Waals surface area contributed by atoms with E-state index in [2.05, 4.69) is 24.1 Å². The van der Waals surface area contributed by atoms with Crippen molar-refractivity contribution in [2.75, 3.05) is 26.2 Å². The second kappa shape index (κ2) is 6.72. The highest BCUT2D eigenvalue weighted by molar-refractivity contribution is 4.76. The summed E-state index contributed by atoms with van der Waals surface area (Å²) in [6.45, 7) is 9.29. The Labute approximate surface area is 106 Å². The van der Waals surface area contributed by atoms with Gasteiger partial charge >= 0.3 is 0 Å². The molecule has 0 bridgehead atoms. The molecule has 17 heavy (non-hydrogen) atoms. The fraction of sp³-hybridized carbons (Fsp3) is 1.00. The van der Waals surface area contributed by atoms with E-state index < -0.39 is 0 Å². The summed E-state index contributed by atoms with van der Waals surface area (Å²) >= 11 is 0. The summed E-state index contributed by atoms with van der Waals surface area (Å²) < 4.78 is 5.83. The summed E-state index contributed by atoms with van der Waals surface area (Å²) in [7, 11) is 0. The fourth-order valence-electron chi connectivity index (χ4n) is 2.96. The van der Waals surface area contributed by atoms with Crippen molar-refractivity contribution in [3.05, 3.63) is 0 Å². The van der Waals surface area contributed by atoms with Crippen LogP contribution < -0.4 is 5.32 Å². The molecule has 3 unspecified atom stereocenters. The second-order valence-corrected chi connectivity index (χ2v) is 5.82. The van der Waals surface area contributed by atoms with Crippen molar-refractivity contribution >= 4 is 0 Å². The van der Waals surface area contributed by atoms with Gasteiger partial charge in [-0.15, -0.1) is 0 Å². The standard InChI is InChI=1S/C14H28N2O/c1-12(11-16-8-4-3-5-9-16)15-10-14-7-6-13(2)17-14/h12-15H,3-11H2,1-2H3. The van der Waals surface area contributed by atoms with E-state index in [-0.39, 0.29) is 0 Å². The number of rotatable bonds is 5. The Kier molecular flexibility index (Phi) is 5.26. The lowest BCUT2D eigenvalue weighted by molar-refractivity contribution is 0.0535. The first kappa shape index (κ1) is 13.3. The van der Waals surface area contributed by atoms with Crippen LogP contribution in [0.2, 0.25) is 0 Å². The number of piperidine rings is 1. The molecule has 2 heterocycles. The third-order valence-electron chi connectivity index (χ3n) is 3.99. The van der Waals surface area contributed by atoms with Gasteiger partial charge in [-0.1, -0.05) is 6.42 Å². The summed E-state index contributed by atoms with van der Waals surface area (Å²) in [5.74, 6) is 0. The molecule has 0 radical (unpaired) electrons. The summed E-state index contributed by atoms with van der Waals surface area (Å²) in [6, 6.07) is 0.590. The number of likely N-dealkylation sites (tertiary alicyclic amines) is 1. The van der Waals surface area contributed by atoms with Crippen LogP contribution in [0.1, 0.15) is 46.0 Å². The van der Waals surface area contributed by atoms with Gasteiger partial charge in [0.25, 0.3) is 0 Å². The summed E-state index contributed by atoms with van der Waals surface area (Å²) in [5.41, 5.74) is 0. The van der Waals surface area contributed by atoms with E-state index in [1.807, 2.05) is 0 Å². The molecule has 2 rings (SSSR count). The Morgan fingerprint density at radius 3 is 2.65 bits per heavy atom. The van der Waals surface area contributed by atoms with Crippen molar-refractivity contribution in [2.45, 2.75) is 64.2 Å². The van der Waals surface area contributed by atoms with Gasteiger partial charge in [0, 0.05) is 19.1 Å². The quantitative estimate of drug-likeness (QED) is 0.795. The Morgan fingerprint density at radius 1 is 1.24 bits per heavy atom. The van der Waals surface area contributed by atoms with E-state index in [4.69, 9.17) is 4.74 Å². The maximum Gasteiger partial charge on any atom is 0.0704 e. The Balaban J connectivity index is 1.58. The molecule has 0 spiro atoms. The van der Waals surface area contributed by atoms with E-state index in [9.17, 15) is 0 Å². The zero-order valence-corrected chi connectivity index (χ0v) is 11.5. The van der Waals surface area contributed by atoms with Gasteiger partial charge in [-0.25, -0.2) is 0 Å². The van der Waals surface area contributed by atoms with Crippen LogP contribution in [0.25, 0.3) is 0 Å². The molecule has 0 aromatic rings. The first-order chi connectivity index (χ1) is 8.24. The third kappa shape index (κ3) is 4.57. The van der Waals surface area contributed by atoms with Gasteiger partial charge in [0.2, 0.25) is 0 Å². The van der Waals surface area contributed by atoms with Crippen LogP contribution in [-0.4, -0.2) is 49.3 Å². The summed E-state index contributed by atoms with van der Waals surface area (Å²) in [6.07, 6.45) is 7.57. The molecule has 2 aliphatic heterocycles. The number of hydrogen-bond acceptors (Lipinski definition) is 3. The molecule has 0 aliphatic carbocycles. The van der Waals surface area contributed by atoms with Crippen molar-refractivity contribution in [3.8, 4) is 0 Å². The molecule has 100 valence electrons. The average Bonchev–Trinajstić information content (AvgIpc) is 2.74. The maximum absolute atomic E-state index is 5.83. The van der Waals surface area contributed by atoms with Crippen LogP contribution >= 0.6 is 0 Å². The molecule has 0 saturated carbocycles. The molecule has 3 heteroatoms. The van der Waals surface area contributed by atoms with Crippen LogP contribution in [0.15, 0.2) is 0 Å². The minimum absolute atomic E-state index is 0.453. The first-order valence-corrected chi connectivity index (χ1v) is 7.35. The highest BCUT2D eigenvalue weighted by Crippen LogP contribution is 2.18. The molecule has 3 atom stereocenters. The van der Waals surface area contributed by atoms with Gasteiger partial charge in [0.1, 0.15) is 0 Å². The van der Waals surface area contributed by atoms with Gasteiger partial charge in [0.05, 0.1) is 12.2 Å². The predicted octanol–water partition coefficient (Wildman–Crippen LogP) is 2.02. The minimum atomic E-state index is 0.453. The van der Waals surface area contributed by atoms with E-state index in [1.54, 1.807) is 0 Å². The van der Waals surface area contributed by atoms with E-state index >= 15 is 0 Å². The van der Waals surface area contributed by atoms with E-state index in [0.29, 0.717) is 18.2 Å². The number of hydrogen-bond donors (Lipinski definition) is 1. The minimum Gasteiger partial charge on any atom is -0.374 e. The molecular weight excluding hydrogens is 212 g/mol. The normalized spacial score (nSPS) is 32.8. The molecular formula is C14H28N2O. The molecule has 2 fully saturated rings. The topological polar surface area (TPSA) is 24.5 Å². The van der Waals surface area contributed by atoms with E-state index in [0.717, 1.165) is 6.54 Å². The van der Waals surface area contributed by atoms with Crippen molar-refractivity contribution in [2.24, 2.45) is 0 Å². The zero-order chi connectivity index (χ0) is 12.1. The monoisotopic (exact) mass is 240 g/mol. The Morgan fingerprint density at radius 2 is 2.00 bits per heavy atom. The van der Waals surface area contributed by atoms with Crippen LogP contribution in [-0.2, 0) is 4.74 Å². The molecule has 0 amide bonds. The van der Waals surface area contributed by atoms with Crippen LogP contribution in [0.5, 0.6) is 0 Å². The number of nitrogens with one attached hydrogen (secondary N) is 1. The van der Waals surface area contributed by atoms with Crippen molar-refractivity contribution in [1.82, 2.24) is 10.2 Å². The lowest BCUT2D eigenvalue weighted by atomic mass is 10.1. The van der Waals surface area contributed by atoms with Gasteiger partial charge in [-0.2, -0.15) is 0 Å². The molecule has 0 aromatic carbocycles. The maximum atomic E-state index is 5.83. The number of nitrogens with zero attached hydrogens (tertiary/aromatic N) is 1. The Bertz CT molecular complexity index is 216. The Hall–Kier alpha value is -0.120. The van der Waals surface area contributed by atoms with Gasteiger partial charge < -0.3 is 15.0 Å². The average molecular weight is 240 g/mol. The predicted molar refractivity (Wildman–Crippen MR) is 71.3 cm³/mol. The van der Waals surface area contributed by atoms with Crippen molar-refractivity contribution < 1.29 is 4.74 Å². The van der Waals surface area contributed by atoms with Gasteiger partial charge in [-0.3, -0.25) is 0 Å². The zero-order valence-electron chi connectivity index (χ0n) is 11.5. The van der Waals surface area contributed by atoms with Gasteiger partial charge in [0.15, 0.2) is 0 Å². The van der Waals surface area contributed by atoms with Crippen LogP contribution in [0.4, 0.5) is 0 Å². The third-order valence-corrected chi connectivity index (χ3v) is 3.99. The molecule has 3 nitrogen and oxygen atoms in total. The van der Waals surface area contributed by atoms with Crippen molar-refractivity contribution in [3.63, 3.8) is 0 Å². The highest BCUT2D eigenvalue weighted by Gasteiger charge is 2.22. The van der Waals surface area contributed by atoms with Gasteiger partial charge in [-0.05, 0) is 52.6 Å². The number of ether oxygens (including phenoxy) is 1. The summed E-state index contributed by atoms with van der Waals surface area (Å²) in [5, 5.41) is 3.63. The van der Waals surface area contributed by atoms with E-state index in [1.165, 1.54) is 51.7 Å². The molecule has 2 aliphatic rings. The van der Waals surface area contributed by atoms with Crippen LogP contribution in [0.3, 0.4) is 0 Å². The van der Waals surface area contributed by atoms with Crippen LogP contribution in [0, 0.1) is 0 Å². The lowest BCUT2D eigenvalue weighted by Gasteiger charge is -2.29. The first-order valence-electron chi connectivity index (χ1n) is 7.35. The highest BCUT2D eigenvalue weighted by atomic mass is 16.5. The molecule has 1 N–H and O–H groups in total. The summed E-state index contributed by atoms with van der Waals surface area (Å²) in [4.78, 5) is 2.60.